The number of amides is 4. The fourth-order valence-electron chi connectivity index (χ4n) is 3.34. The van der Waals surface area contributed by atoms with Crippen LogP contribution in [0.5, 0.6) is 0 Å². The second-order valence-corrected chi connectivity index (χ2v) is 6.16. The number of nitrogens with zero attached hydrogens (tertiary/aromatic N) is 3. The predicted molar refractivity (Wildman–Crippen MR) is 88.1 cm³/mol. The van der Waals surface area contributed by atoms with Gasteiger partial charge in [-0.1, -0.05) is 30.3 Å². The molecule has 2 aliphatic rings. The molecule has 2 fully saturated rings. The Kier molecular flexibility index (Phi) is 4.53. The van der Waals surface area contributed by atoms with Crippen LogP contribution in [-0.2, 0) is 9.59 Å². The smallest absolute Gasteiger partial charge is 0.328 e. The number of hydrogen-bond acceptors (Lipinski definition) is 4. The lowest BCUT2D eigenvalue weighted by molar-refractivity contribution is -0.136. The van der Waals surface area contributed by atoms with Crippen molar-refractivity contribution in [2.75, 3.05) is 33.2 Å². The fourth-order valence-corrected chi connectivity index (χ4v) is 3.34. The van der Waals surface area contributed by atoms with E-state index in [2.05, 4.69) is 5.32 Å². The Morgan fingerprint density at radius 1 is 1.25 bits per heavy atom. The molecule has 0 aliphatic carbocycles. The Labute approximate surface area is 141 Å². The number of piperazine rings is 1. The lowest BCUT2D eigenvalue weighted by Gasteiger charge is -2.35. The number of fused-ring (bicyclic) bond motifs is 1. The van der Waals surface area contributed by atoms with Gasteiger partial charge >= 0.3 is 6.03 Å². The molecule has 0 bridgehead atoms. The van der Waals surface area contributed by atoms with Gasteiger partial charge in [0.15, 0.2) is 0 Å². The standard InChI is InChI=1S/C17H22N4O3/c1-12(13-6-4-3-5-7-13)21-16(23)14-11-19(15(22)10-18-2)8-9-20(14)17(21)24/h3-7,12,14,18H,8-11H2,1-2H3. The van der Waals surface area contributed by atoms with Crippen molar-refractivity contribution < 1.29 is 14.4 Å². The molecule has 1 aromatic rings. The highest BCUT2D eigenvalue weighted by Crippen LogP contribution is 2.30. The van der Waals surface area contributed by atoms with Crippen molar-refractivity contribution in [3.8, 4) is 0 Å². The van der Waals surface area contributed by atoms with Crippen LogP contribution in [0.1, 0.15) is 18.5 Å². The Morgan fingerprint density at radius 2 is 1.96 bits per heavy atom. The van der Waals surface area contributed by atoms with Crippen molar-refractivity contribution >= 4 is 17.8 Å². The third-order valence-corrected chi connectivity index (χ3v) is 4.70. The van der Waals surface area contributed by atoms with Crippen LogP contribution in [0.3, 0.4) is 0 Å². The van der Waals surface area contributed by atoms with E-state index in [9.17, 15) is 14.4 Å². The SMILES string of the molecule is CNCC(=O)N1CCN2C(=O)N(C(C)c3ccccc3)C(=O)C2C1. The Bertz CT molecular complexity index is 648. The van der Waals surface area contributed by atoms with Gasteiger partial charge < -0.3 is 15.1 Å². The van der Waals surface area contributed by atoms with Crippen LogP contribution in [0.4, 0.5) is 4.79 Å². The Morgan fingerprint density at radius 3 is 2.62 bits per heavy atom. The second-order valence-electron chi connectivity index (χ2n) is 6.16. The van der Waals surface area contributed by atoms with Crippen LogP contribution < -0.4 is 5.32 Å². The van der Waals surface area contributed by atoms with Crippen LogP contribution in [0.25, 0.3) is 0 Å². The van der Waals surface area contributed by atoms with Gasteiger partial charge in [-0.25, -0.2) is 4.79 Å². The maximum absolute atomic E-state index is 12.8. The summed E-state index contributed by atoms with van der Waals surface area (Å²) < 4.78 is 0. The third-order valence-electron chi connectivity index (χ3n) is 4.70. The third kappa shape index (κ3) is 2.75. The predicted octanol–water partition coefficient (Wildman–Crippen LogP) is 0.442. The largest absolute Gasteiger partial charge is 0.337 e. The van der Waals surface area contributed by atoms with Gasteiger partial charge in [0, 0.05) is 13.1 Å². The summed E-state index contributed by atoms with van der Waals surface area (Å²) in [6.07, 6.45) is 0. The molecule has 2 unspecified atom stereocenters. The van der Waals surface area contributed by atoms with Crippen LogP contribution in [0.15, 0.2) is 30.3 Å². The fraction of sp³-hybridized carbons (Fsp3) is 0.471. The summed E-state index contributed by atoms with van der Waals surface area (Å²) in [4.78, 5) is 42.1. The molecule has 0 spiro atoms. The number of likely N-dealkylation sites (N-methyl/N-ethyl adjacent to an activating group) is 1. The van der Waals surface area contributed by atoms with Crippen molar-refractivity contribution in [1.29, 1.82) is 0 Å². The van der Waals surface area contributed by atoms with Gasteiger partial charge in [-0.05, 0) is 19.5 Å². The summed E-state index contributed by atoms with van der Waals surface area (Å²) in [5, 5.41) is 2.83. The topological polar surface area (TPSA) is 73.0 Å². The molecule has 4 amide bonds. The van der Waals surface area contributed by atoms with Crippen LogP contribution in [-0.4, -0.2) is 71.8 Å². The molecule has 24 heavy (non-hydrogen) atoms. The minimum atomic E-state index is -0.571. The molecule has 0 aromatic heterocycles. The number of carbonyl (C=O) groups excluding carboxylic acids is 3. The van der Waals surface area contributed by atoms with E-state index in [-0.39, 0.29) is 37.0 Å². The van der Waals surface area contributed by atoms with E-state index in [0.29, 0.717) is 13.1 Å². The summed E-state index contributed by atoms with van der Waals surface area (Å²) in [7, 11) is 1.71. The summed E-state index contributed by atoms with van der Waals surface area (Å²) in [5.74, 6) is -0.273. The first kappa shape index (κ1) is 16.4. The van der Waals surface area contributed by atoms with Crippen molar-refractivity contribution in [3.05, 3.63) is 35.9 Å². The highest BCUT2D eigenvalue weighted by Gasteiger charge is 2.49. The highest BCUT2D eigenvalue weighted by molar-refractivity contribution is 6.05. The molecule has 7 nitrogen and oxygen atoms in total. The van der Waals surface area contributed by atoms with Crippen molar-refractivity contribution in [2.45, 2.75) is 19.0 Å². The molecular formula is C17H22N4O3. The Balaban J connectivity index is 1.78. The van der Waals surface area contributed by atoms with Gasteiger partial charge in [-0.15, -0.1) is 0 Å². The molecule has 0 saturated carbocycles. The average molecular weight is 330 g/mol. The zero-order chi connectivity index (χ0) is 17.3. The molecular weight excluding hydrogens is 308 g/mol. The normalized spacial score (nSPS) is 21.9. The molecule has 7 heteroatoms. The maximum atomic E-state index is 12.8. The second kappa shape index (κ2) is 6.60. The number of hydrogen-bond donors (Lipinski definition) is 1. The first-order chi connectivity index (χ1) is 11.5. The minimum absolute atomic E-state index is 0.0491. The average Bonchev–Trinajstić information content (AvgIpc) is 2.86. The summed E-state index contributed by atoms with van der Waals surface area (Å²) in [5.41, 5.74) is 0.919. The number of carbonyl (C=O) groups is 3. The number of imide groups is 1. The number of urea groups is 1. The van der Waals surface area contributed by atoms with E-state index < -0.39 is 6.04 Å². The summed E-state index contributed by atoms with van der Waals surface area (Å²) >= 11 is 0. The minimum Gasteiger partial charge on any atom is -0.337 e. The highest BCUT2D eigenvalue weighted by atomic mass is 16.2. The molecule has 2 aliphatic heterocycles. The molecule has 1 N–H and O–H groups in total. The van der Waals surface area contributed by atoms with Crippen molar-refractivity contribution in [1.82, 2.24) is 20.0 Å². The number of rotatable bonds is 4. The van der Waals surface area contributed by atoms with Gasteiger partial charge in [-0.3, -0.25) is 14.5 Å². The summed E-state index contributed by atoms with van der Waals surface area (Å²) in [6.45, 7) is 3.21. The quantitative estimate of drug-likeness (QED) is 0.813. The van der Waals surface area contributed by atoms with Crippen molar-refractivity contribution in [2.24, 2.45) is 0 Å². The molecule has 2 heterocycles. The molecule has 0 radical (unpaired) electrons. The van der Waals surface area contributed by atoms with Gasteiger partial charge in [0.2, 0.25) is 5.91 Å². The van der Waals surface area contributed by atoms with Gasteiger partial charge in [0.1, 0.15) is 6.04 Å². The molecule has 128 valence electrons. The van der Waals surface area contributed by atoms with E-state index in [4.69, 9.17) is 0 Å². The lowest BCUT2D eigenvalue weighted by atomic mass is 10.1. The van der Waals surface area contributed by atoms with Gasteiger partial charge in [0.05, 0.1) is 19.1 Å². The summed E-state index contributed by atoms with van der Waals surface area (Å²) in [6, 6.07) is 8.35. The molecule has 1 aromatic carbocycles. The van der Waals surface area contributed by atoms with Crippen LogP contribution in [0, 0.1) is 0 Å². The molecule has 3 rings (SSSR count). The van der Waals surface area contributed by atoms with E-state index in [0.717, 1.165) is 5.56 Å². The molecule has 2 atom stereocenters. The van der Waals surface area contributed by atoms with E-state index in [1.807, 2.05) is 37.3 Å². The number of benzene rings is 1. The Hall–Kier alpha value is -2.41. The molecule has 2 saturated heterocycles. The van der Waals surface area contributed by atoms with Crippen LogP contribution in [0.2, 0.25) is 0 Å². The van der Waals surface area contributed by atoms with E-state index in [1.54, 1.807) is 16.8 Å². The van der Waals surface area contributed by atoms with Gasteiger partial charge in [0.25, 0.3) is 5.91 Å². The maximum Gasteiger partial charge on any atom is 0.328 e. The van der Waals surface area contributed by atoms with Crippen LogP contribution >= 0.6 is 0 Å². The monoisotopic (exact) mass is 330 g/mol. The first-order valence-electron chi connectivity index (χ1n) is 8.15. The lowest BCUT2D eigenvalue weighted by Crippen LogP contribution is -2.55. The van der Waals surface area contributed by atoms with E-state index >= 15 is 0 Å². The zero-order valence-electron chi connectivity index (χ0n) is 13.9. The van der Waals surface area contributed by atoms with Crippen molar-refractivity contribution in [3.63, 3.8) is 0 Å². The number of nitrogens with one attached hydrogen (secondary N) is 1. The van der Waals surface area contributed by atoms with Gasteiger partial charge in [-0.2, -0.15) is 0 Å². The van der Waals surface area contributed by atoms with E-state index in [1.165, 1.54) is 4.90 Å². The zero-order valence-corrected chi connectivity index (χ0v) is 13.9. The first-order valence-corrected chi connectivity index (χ1v) is 8.15.